The Morgan fingerprint density at radius 2 is 1.70 bits per heavy atom. The quantitative estimate of drug-likeness (QED) is 0.199. The van der Waals surface area contributed by atoms with Gasteiger partial charge in [-0.05, 0) is 82.8 Å². The second-order valence-electron chi connectivity index (χ2n) is 14.8. The van der Waals surface area contributed by atoms with Crippen LogP contribution in [0.3, 0.4) is 0 Å². The third-order valence-corrected chi connectivity index (χ3v) is 12.3. The molecule has 256 valence electrons. The van der Waals surface area contributed by atoms with Crippen molar-refractivity contribution in [3.05, 3.63) is 64.8 Å². The van der Waals surface area contributed by atoms with Gasteiger partial charge in [-0.15, -0.1) is 0 Å². The van der Waals surface area contributed by atoms with Gasteiger partial charge in [0.15, 0.2) is 17.4 Å². The van der Waals surface area contributed by atoms with Gasteiger partial charge in [-0.2, -0.15) is 0 Å². The zero-order valence-electron chi connectivity index (χ0n) is 27.9. The third kappa shape index (κ3) is 5.31. The van der Waals surface area contributed by atoms with E-state index >= 15 is 0 Å². The van der Waals surface area contributed by atoms with Crippen molar-refractivity contribution in [2.24, 2.45) is 22.7 Å². The van der Waals surface area contributed by atoms with Gasteiger partial charge in [0.25, 0.3) is 0 Å². The summed E-state index contributed by atoms with van der Waals surface area (Å²) in [4.78, 5) is 38.9. The van der Waals surface area contributed by atoms with Crippen LogP contribution in [0.4, 0.5) is 8.78 Å². The Morgan fingerprint density at radius 1 is 1.00 bits per heavy atom. The predicted octanol–water partition coefficient (Wildman–Crippen LogP) is 5.53. The molecule has 0 saturated heterocycles. The molecule has 1 aromatic carbocycles. The van der Waals surface area contributed by atoms with Crippen molar-refractivity contribution in [1.29, 1.82) is 0 Å². The molecule has 3 saturated carbocycles. The molecule has 3 fully saturated rings. The largest absolute Gasteiger partial charge is 0.459 e. The zero-order chi connectivity index (χ0) is 34.7. The second-order valence-corrected chi connectivity index (χ2v) is 14.8. The van der Waals surface area contributed by atoms with E-state index in [1.807, 2.05) is 33.8 Å². The molecule has 10 heteroatoms. The van der Waals surface area contributed by atoms with Crippen LogP contribution < -0.4 is 0 Å². The van der Waals surface area contributed by atoms with Gasteiger partial charge in [0, 0.05) is 30.1 Å². The van der Waals surface area contributed by atoms with Crippen LogP contribution in [0, 0.1) is 34.3 Å². The minimum atomic E-state index is -2.04. The monoisotopic (exact) mass is 656 g/mol. The van der Waals surface area contributed by atoms with E-state index in [0.29, 0.717) is 19.3 Å². The second kappa shape index (κ2) is 12.0. The number of carbonyl (C=O) groups excluding carboxylic acids is 3. The fourth-order valence-electron chi connectivity index (χ4n) is 8.99. The molecule has 0 spiro atoms. The summed E-state index contributed by atoms with van der Waals surface area (Å²) in [6, 6.07) is 3.68. The van der Waals surface area contributed by atoms with E-state index in [0.717, 1.165) is 29.4 Å². The summed E-state index contributed by atoms with van der Waals surface area (Å²) in [5.41, 5.74) is -6.54. The Balaban J connectivity index is 1.44. The number of aliphatic hydroxyl groups is 3. The molecule has 8 atom stereocenters. The summed E-state index contributed by atoms with van der Waals surface area (Å²) in [6.07, 6.45) is 5.03. The topological polar surface area (TPSA) is 130 Å². The Kier molecular flexibility index (Phi) is 8.99. The number of Topliss-reactive ketones (excluding diaryl/α,β-unsaturated/α-hetero) is 1. The summed E-state index contributed by atoms with van der Waals surface area (Å²) >= 11 is 0. The fraction of sp³-hybridized carbons (Fsp3) is 0.595. The molecule has 0 aromatic heterocycles. The average Bonchev–Trinajstić information content (AvgIpc) is 3.23. The molecule has 0 unspecified atom stereocenters. The summed E-state index contributed by atoms with van der Waals surface area (Å²) in [6.45, 7) is 10.5. The SMILES string of the molecule is CC(=O)[C@]1(O)CC[C@@]2(O)[C@]1(C)[C@H](OC(=O)/C=C(\C)C(C)C)C[C@@H]1[C@@]3(C)CC[C@H](OC(=O)/C=C/c4cccc(F)c4F)CC3=CC[C@]12O. The number of ketones is 1. The molecule has 0 bridgehead atoms. The van der Waals surface area contributed by atoms with Crippen LogP contribution in [-0.2, 0) is 23.9 Å². The van der Waals surface area contributed by atoms with E-state index in [4.69, 9.17) is 9.47 Å². The fourth-order valence-corrected chi connectivity index (χ4v) is 8.99. The molecular formula is C37H46F2O8. The number of rotatable bonds is 7. The molecule has 0 amide bonds. The molecule has 3 N–H and O–H groups in total. The van der Waals surface area contributed by atoms with Crippen LogP contribution in [0.15, 0.2) is 47.6 Å². The van der Waals surface area contributed by atoms with E-state index in [1.54, 1.807) is 6.92 Å². The van der Waals surface area contributed by atoms with Crippen LogP contribution in [-0.4, -0.2) is 62.1 Å². The van der Waals surface area contributed by atoms with Crippen molar-refractivity contribution < 1.29 is 48.0 Å². The normalized spacial score (nSPS) is 38.3. The molecule has 5 rings (SSSR count). The van der Waals surface area contributed by atoms with Crippen molar-refractivity contribution in [1.82, 2.24) is 0 Å². The van der Waals surface area contributed by atoms with Crippen LogP contribution in [0.1, 0.15) is 92.1 Å². The molecule has 1 aromatic rings. The van der Waals surface area contributed by atoms with Crippen molar-refractivity contribution in [3.63, 3.8) is 0 Å². The maximum Gasteiger partial charge on any atom is 0.331 e. The van der Waals surface area contributed by atoms with Crippen LogP contribution in [0.5, 0.6) is 0 Å². The van der Waals surface area contributed by atoms with Crippen LogP contribution in [0.25, 0.3) is 6.08 Å². The molecular weight excluding hydrogens is 610 g/mol. The first-order chi connectivity index (χ1) is 21.8. The van der Waals surface area contributed by atoms with Gasteiger partial charge in [0.2, 0.25) is 0 Å². The number of hydrogen-bond donors (Lipinski definition) is 3. The first kappa shape index (κ1) is 35.1. The lowest BCUT2D eigenvalue weighted by Gasteiger charge is -2.67. The van der Waals surface area contributed by atoms with E-state index in [2.05, 4.69) is 0 Å². The predicted molar refractivity (Wildman–Crippen MR) is 169 cm³/mol. The molecule has 47 heavy (non-hydrogen) atoms. The smallest absolute Gasteiger partial charge is 0.331 e. The van der Waals surface area contributed by atoms with Crippen molar-refractivity contribution >= 4 is 23.8 Å². The number of carbonyl (C=O) groups is 3. The van der Waals surface area contributed by atoms with E-state index in [-0.39, 0.29) is 37.2 Å². The number of allylic oxidation sites excluding steroid dienone is 1. The van der Waals surface area contributed by atoms with Gasteiger partial charge in [-0.3, -0.25) is 4.79 Å². The highest BCUT2D eigenvalue weighted by molar-refractivity contribution is 5.88. The highest BCUT2D eigenvalue weighted by Gasteiger charge is 2.81. The Hall–Kier alpha value is -3.21. The van der Waals surface area contributed by atoms with Crippen molar-refractivity contribution in [2.75, 3.05) is 0 Å². The Bertz CT molecular complexity index is 1560. The minimum absolute atomic E-state index is 0.0229. The first-order valence-corrected chi connectivity index (χ1v) is 16.4. The lowest BCUT2D eigenvalue weighted by Crippen LogP contribution is -2.78. The van der Waals surface area contributed by atoms with Gasteiger partial charge < -0.3 is 24.8 Å². The Labute approximate surface area is 274 Å². The first-order valence-electron chi connectivity index (χ1n) is 16.4. The zero-order valence-corrected chi connectivity index (χ0v) is 27.9. The lowest BCUT2D eigenvalue weighted by atomic mass is 9.42. The van der Waals surface area contributed by atoms with Gasteiger partial charge >= 0.3 is 11.9 Å². The van der Waals surface area contributed by atoms with Gasteiger partial charge in [-0.1, -0.05) is 50.1 Å². The average molecular weight is 657 g/mol. The van der Waals surface area contributed by atoms with E-state index in [9.17, 15) is 38.5 Å². The molecule has 4 aliphatic carbocycles. The van der Waals surface area contributed by atoms with E-state index < -0.39 is 75.1 Å². The molecule has 4 aliphatic rings. The summed E-state index contributed by atoms with van der Waals surface area (Å²) in [5.74, 6) is -4.54. The maximum atomic E-state index is 14.0. The summed E-state index contributed by atoms with van der Waals surface area (Å²) in [5, 5.41) is 37.1. The molecule has 8 nitrogen and oxygen atoms in total. The van der Waals surface area contributed by atoms with Gasteiger partial charge in [0.1, 0.15) is 29.0 Å². The van der Waals surface area contributed by atoms with Gasteiger partial charge in [-0.25, -0.2) is 18.4 Å². The molecule has 0 heterocycles. The lowest BCUT2D eigenvalue weighted by molar-refractivity contribution is -0.314. The minimum Gasteiger partial charge on any atom is -0.459 e. The molecule has 0 aliphatic heterocycles. The number of fused-ring (bicyclic) bond motifs is 5. The van der Waals surface area contributed by atoms with E-state index in [1.165, 1.54) is 25.1 Å². The number of halogens is 2. The van der Waals surface area contributed by atoms with Crippen LogP contribution >= 0.6 is 0 Å². The summed E-state index contributed by atoms with van der Waals surface area (Å²) < 4.78 is 39.3. The third-order valence-electron chi connectivity index (χ3n) is 12.3. The van der Waals surface area contributed by atoms with Gasteiger partial charge in [0.05, 0.1) is 5.41 Å². The number of hydrogen-bond acceptors (Lipinski definition) is 8. The standard InChI is InChI=1S/C37H46F2O8/c1-21(2)22(3)18-31(42)47-29-20-28-33(5)14-13-26(46-30(41)11-10-24-8-7-9-27(38)32(24)39)19-25(33)12-15-36(28,44)37(45)17-16-35(43,23(4)40)34(29,37)6/h7-12,18,21,26,28-29,43-45H,13-17,19-20H2,1-6H3/b11-10+,22-18+/t26-,28+,29+,33-,34+,35+,36-,37+/m0/s1. The number of benzene rings is 1. The number of ether oxygens (including phenoxy) is 2. The highest BCUT2D eigenvalue weighted by atomic mass is 19.2. The maximum absolute atomic E-state index is 14.0. The summed E-state index contributed by atoms with van der Waals surface area (Å²) in [7, 11) is 0. The Morgan fingerprint density at radius 3 is 2.36 bits per heavy atom. The van der Waals surface area contributed by atoms with Crippen molar-refractivity contribution in [2.45, 2.75) is 115 Å². The van der Waals surface area contributed by atoms with Crippen molar-refractivity contribution in [3.8, 4) is 0 Å². The van der Waals surface area contributed by atoms with Crippen LogP contribution in [0.2, 0.25) is 0 Å². The molecule has 0 radical (unpaired) electrons. The highest BCUT2D eigenvalue weighted by Crippen LogP contribution is 2.71. The number of esters is 2.